The second-order valence-corrected chi connectivity index (χ2v) is 5.11. The lowest BCUT2D eigenvalue weighted by Crippen LogP contribution is -1.92. The Balaban J connectivity index is 1.95. The standard InChI is InChI=1S/C9H8BrN3S/c10-9-13-12-8(14-9)5-4-7-3-1-2-6-11-7/h1-3,6H,4-5H2. The van der Waals surface area contributed by atoms with Crippen LogP contribution in [-0.4, -0.2) is 15.2 Å². The van der Waals surface area contributed by atoms with Gasteiger partial charge in [0.2, 0.25) is 0 Å². The molecule has 0 bridgehead atoms. The van der Waals surface area contributed by atoms with Crippen molar-refractivity contribution in [2.24, 2.45) is 0 Å². The summed E-state index contributed by atoms with van der Waals surface area (Å²) in [4.78, 5) is 4.25. The maximum absolute atomic E-state index is 4.25. The van der Waals surface area contributed by atoms with Crippen molar-refractivity contribution >= 4 is 27.3 Å². The number of nitrogens with zero attached hydrogens (tertiary/aromatic N) is 3. The molecule has 72 valence electrons. The van der Waals surface area contributed by atoms with Crippen LogP contribution < -0.4 is 0 Å². The summed E-state index contributed by atoms with van der Waals surface area (Å²) in [6.07, 6.45) is 3.63. The molecule has 0 spiro atoms. The molecule has 2 heterocycles. The van der Waals surface area contributed by atoms with Crippen molar-refractivity contribution in [3.63, 3.8) is 0 Å². The Bertz CT molecular complexity index is 401. The molecular weight excluding hydrogens is 262 g/mol. The Morgan fingerprint density at radius 2 is 2.14 bits per heavy atom. The average Bonchev–Trinajstić information content (AvgIpc) is 2.63. The van der Waals surface area contributed by atoms with Crippen LogP contribution in [0.5, 0.6) is 0 Å². The van der Waals surface area contributed by atoms with Gasteiger partial charge in [-0.25, -0.2) is 0 Å². The smallest absolute Gasteiger partial charge is 0.183 e. The lowest BCUT2D eigenvalue weighted by atomic mass is 10.2. The molecule has 2 aromatic heterocycles. The number of hydrogen-bond acceptors (Lipinski definition) is 4. The summed E-state index contributed by atoms with van der Waals surface area (Å²) in [6, 6.07) is 5.94. The Labute approximate surface area is 94.4 Å². The first-order chi connectivity index (χ1) is 6.84. The van der Waals surface area contributed by atoms with E-state index in [1.807, 2.05) is 24.4 Å². The molecule has 5 heteroatoms. The van der Waals surface area contributed by atoms with Crippen LogP contribution >= 0.6 is 27.3 Å². The lowest BCUT2D eigenvalue weighted by molar-refractivity contribution is 0.874. The molecule has 2 rings (SSSR count). The van der Waals surface area contributed by atoms with Gasteiger partial charge in [-0.15, -0.1) is 10.2 Å². The third kappa shape index (κ3) is 2.59. The van der Waals surface area contributed by atoms with E-state index in [9.17, 15) is 0 Å². The highest BCUT2D eigenvalue weighted by molar-refractivity contribution is 9.11. The van der Waals surface area contributed by atoms with Gasteiger partial charge in [-0.1, -0.05) is 17.4 Å². The van der Waals surface area contributed by atoms with Crippen molar-refractivity contribution in [3.05, 3.63) is 39.0 Å². The molecule has 0 atom stereocenters. The molecule has 0 aromatic carbocycles. The number of pyridine rings is 1. The molecule has 0 aliphatic rings. The second-order valence-electron chi connectivity index (χ2n) is 2.77. The zero-order valence-corrected chi connectivity index (χ0v) is 9.75. The first kappa shape index (κ1) is 9.73. The predicted molar refractivity (Wildman–Crippen MR) is 59.3 cm³/mol. The summed E-state index contributed by atoms with van der Waals surface area (Å²) in [6.45, 7) is 0. The summed E-state index contributed by atoms with van der Waals surface area (Å²) in [7, 11) is 0. The van der Waals surface area contributed by atoms with Crippen LogP contribution in [0.15, 0.2) is 28.3 Å². The number of rotatable bonds is 3. The molecule has 0 saturated heterocycles. The van der Waals surface area contributed by atoms with Gasteiger partial charge in [-0.2, -0.15) is 0 Å². The van der Waals surface area contributed by atoms with E-state index in [-0.39, 0.29) is 0 Å². The van der Waals surface area contributed by atoms with Crippen LogP contribution in [0.25, 0.3) is 0 Å². The summed E-state index contributed by atoms with van der Waals surface area (Å²) in [5.41, 5.74) is 1.10. The van der Waals surface area contributed by atoms with E-state index in [2.05, 4.69) is 31.1 Å². The Morgan fingerprint density at radius 3 is 2.79 bits per heavy atom. The first-order valence-electron chi connectivity index (χ1n) is 4.22. The molecule has 0 saturated carbocycles. The van der Waals surface area contributed by atoms with Crippen LogP contribution in [0.3, 0.4) is 0 Å². The van der Waals surface area contributed by atoms with Crippen LogP contribution in [0.4, 0.5) is 0 Å². The summed E-state index contributed by atoms with van der Waals surface area (Å²) in [5, 5.41) is 8.96. The molecule has 0 N–H and O–H groups in total. The molecule has 2 aromatic rings. The zero-order chi connectivity index (χ0) is 9.80. The van der Waals surface area contributed by atoms with Gasteiger partial charge in [0.1, 0.15) is 5.01 Å². The van der Waals surface area contributed by atoms with Crippen LogP contribution in [-0.2, 0) is 12.8 Å². The predicted octanol–water partition coefficient (Wildman–Crippen LogP) is 2.48. The molecule has 0 fully saturated rings. The zero-order valence-electron chi connectivity index (χ0n) is 7.35. The fraction of sp³-hybridized carbons (Fsp3) is 0.222. The van der Waals surface area contributed by atoms with Crippen molar-refractivity contribution in [2.75, 3.05) is 0 Å². The van der Waals surface area contributed by atoms with Gasteiger partial charge in [0.05, 0.1) is 0 Å². The SMILES string of the molecule is Brc1nnc(CCc2ccccn2)s1. The van der Waals surface area contributed by atoms with E-state index in [0.717, 1.165) is 27.5 Å². The van der Waals surface area contributed by atoms with Crippen molar-refractivity contribution in [1.82, 2.24) is 15.2 Å². The lowest BCUT2D eigenvalue weighted by Gasteiger charge is -1.95. The molecular formula is C9H8BrN3S. The van der Waals surface area contributed by atoms with Crippen LogP contribution in [0, 0.1) is 0 Å². The van der Waals surface area contributed by atoms with E-state index in [4.69, 9.17) is 0 Å². The molecule has 0 aliphatic heterocycles. The van der Waals surface area contributed by atoms with E-state index in [1.54, 1.807) is 11.3 Å². The van der Waals surface area contributed by atoms with Gasteiger partial charge in [0.15, 0.2) is 3.92 Å². The molecule has 14 heavy (non-hydrogen) atoms. The van der Waals surface area contributed by atoms with E-state index in [0.29, 0.717) is 0 Å². The Morgan fingerprint density at radius 1 is 1.21 bits per heavy atom. The minimum Gasteiger partial charge on any atom is -0.261 e. The molecule has 3 nitrogen and oxygen atoms in total. The largest absolute Gasteiger partial charge is 0.261 e. The number of aromatic nitrogens is 3. The maximum Gasteiger partial charge on any atom is 0.183 e. The van der Waals surface area contributed by atoms with Gasteiger partial charge < -0.3 is 0 Å². The van der Waals surface area contributed by atoms with E-state index < -0.39 is 0 Å². The van der Waals surface area contributed by atoms with Crippen molar-refractivity contribution in [2.45, 2.75) is 12.8 Å². The highest BCUT2D eigenvalue weighted by atomic mass is 79.9. The fourth-order valence-corrected chi connectivity index (χ4v) is 2.32. The summed E-state index contributed by atoms with van der Waals surface area (Å²) in [5.74, 6) is 0. The third-order valence-corrected chi connectivity index (χ3v) is 3.18. The minimum atomic E-state index is 0.841. The number of hydrogen-bond donors (Lipinski definition) is 0. The number of aryl methyl sites for hydroxylation is 2. The summed E-state index contributed by atoms with van der Waals surface area (Å²) >= 11 is 4.86. The van der Waals surface area contributed by atoms with Crippen molar-refractivity contribution in [3.8, 4) is 0 Å². The van der Waals surface area contributed by atoms with Crippen LogP contribution in [0.2, 0.25) is 0 Å². The molecule has 0 aliphatic carbocycles. The normalized spacial score (nSPS) is 10.4. The van der Waals surface area contributed by atoms with Crippen LogP contribution in [0.1, 0.15) is 10.7 Å². The molecule has 0 radical (unpaired) electrons. The quantitative estimate of drug-likeness (QED) is 0.860. The van der Waals surface area contributed by atoms with Gasteiger partial charge in [0, 0.05) is 18.3 Å². The fourth-order valence-electron chi connectivity index (χ4n) is 1.12. The Hall–Kier alpha value is -0.810. The van der Waals surface area contributed by atoms with E-state index >= 15 is 0 Å². The van der Waals surface area contributed by atoms with Crippen molar-refractivity contribution in [1.29, 1.82) is 0 Å². The Kier molecular flexibility index (Phi) is 3.21. The number of halogens is 1. The highest BCUT2D eigenvalue weighted by Crippen LogP contribution is 2.16. The monoisotopic (exact) mass is 269 g/mol. The van der Waals surface area contributed by atoms with Gasteiger partial charge in [-0.05, 0) is 34.5 Å². The van der Waals surface area contributed by atoms with Crippen molar-refractivity contribution < 1.29 is 0 Å². The molecule has 0 amide bonds. The maximum atomic E-state index is 4.25. The topological polar surface area (TPSA) is 38.7 Å². The highest BCUT2D eigenvalue weighted by Gasteiger charge is 2.01. The summed E-state index contributed by atoms with van der Waals surface area (Å²) < 4.78 is 0.841. The minimum absolute atomic E-state index is 0.841. The van der Waals surface area contributed by atoms with Gasteiger partial charge in [0.25, 0.3) is 0 Å². The van der Waals surface area contributed by atoms with E-state index in [1.165, 1.54) is 0 Å². The van der Waals surface area contributed by atoms with Gasteiger partial charge >= 0.3 is 0 Å². The first-order valence-corrected chi connectivity index (χ1v) is 5.83. The average molecular weight is 270 g/mol. The third-order valence-electron chi connectivity index (χ3n) is 1.76. The second kappa shape index (κ2) is 4.61. The van der Waals surface area contributed by atoms with Gasteiger partial charge in [-0.3, -0.25) is 4.98 Å². The molecule has 0 unspecified atom stereocenters.